The van der Waals surface area contributed by atoms with Crippen molar-refractivity contribution in [3.05, 3.63) is 29.3 Å². The molecule has 0 amide bonds. The molecular formula is C14H20N2. The topological polar surface area (TPSA) is 35.8 Å². The maximum atomic E-state index is 9.08. The minimum absolute atomic E-state index is 0.0968. The van der Waals surface area contributed by atoms with Gasteiger partial charge in [0.05, 0.1) is 6.07 Å². The number of rotatable bonds is 4. The van der Waals surface area contributed by atoms with Gasteiger partial charge in [-0.15, -0.1) is 0 Å². The fourth-order valence-electron chi connectivity index (χ4n) is 1.71. The second-order valence-corrected chi connectivity index (χ2v) is 4.70. The molecule has 16 heavy (non-hydrogen) atoms. The Hall–Kier alpha value is -1.49. The van der Waals surface area contributed by atoms with Crippen LogP contribution in [0.5, 0.6) is 0 Å². The van der Waals surface area contributed by atoms with Crippen molar-refractivity contribution in [3.8, 4) is 6.07 Å². The van der Waals surface area contributed by atoms with Crippen molar-refractivity contribution in [3.63, 3.8) is 0 Å². The average molecular weight is 216 g/mol. The summed E-state index contributed by atoms with van der Waals surface area (Å²) in [7, 11) is 0. The van der Waals surface area contributed by atoms with Crippen LogP contribution in [0, 0.1) is 31.1 Å². The zero-order valence-corrected chi connectivity index (χ0v) is 10.5. The highest BCUT2D eigenvalue weighted by molar-refractivity contribution is 5.54. The van der Waals surface area contributed by atoms with E-state index >= 15 is 0 Å². The van der Waals surface area contributed by atoms with E-state index in [4.69, 9.17) is 5.26 Å². The summed E-state index contributed by atoms with van der Waals surface area (Å²) in [6.07, 6.45) is 0.879. The summed E-state index contributed by atoms with van der Waals surface area (Å²) in [5.74, 6) is 0.530. The number of aryl methyl sites for hydroxylation is 1. The Kier molecular flexibility index (Phi) is 4.37. The third-order valence-electron chi connectivity index (χ3n) is 2.80. The molecule has 0 bridgehead atoms. The third-order valence-corrected chi connectivity index (χ3v) is 2.80. The molecule has 0 saturated heterocycles. The van der Waals surface area contributed by atoms with Crippen LogP contribution in [0.2, 0.25) is 0 Å². The minimum atomic E-state index is -0.0968. The Morgan fingerprint density at radius 2 is 2.00 bits per heavy atom. The molecule has 0 fully saturated rings. The van der Waals surface area contributed by atoms with Crippen LogP contribution < -0.4 is 5.32 Å². The van der Waals surface area contributed by atoms with E-state index in [-0.39, 0.29) is 6.04 Å². The van der Waals surface area contributed by atoms with Gasteiger partial charge in [-0.1, -0.05) is 26.0 Å². The first kappa shape index (κ1) is 12.6. The van der Waals surface area contributed by atoms with Gasteiger partial charge in [-0.2, -0.15) is 5.26 Å². The third kappa shape index (κ3) is 3.27. The molecule has 0 aliphatic rings. The molecule has 0 heterocycles. The van der Waals surface area contributed by atoms with Crippen molar-refractivity contribution < 1.29 is 0 Å². The molecule has 1 unspecified atom stereocenters. The first-order chi connectivity index (χ1) is 7.54. The number of benzene rings is 1. The highest BCUT2D eigenvalue weighted by Crippen LogP contribution is 2.20. The van der Waals surface area contributed by atoms with Gasteiger partial charge in [0.25, 0.3) is 0 Å². The number of nitrogens with one attached hydrogen (secondary N) is 1. The van der Waals surface area contributed by atoms with Crippen LogP contribution in [-0.4, -0.2) is 6.04 Å². The lowest BCUT2D eigenvalue weighted by atomic mass is 10.0. The van der Waals surface area contributed by atoms with Crippen LogP contribution in [-0.2, 0) is 0 Å². The molecule has 2 heteroatoms. The Bertz CT molecular complexity index is 388. The van der Waals surface area contributed by atoms with E-state index in [0.29, 0.717) is 5.92 Å². The number of hydrogen-bond acceptors (Lipinski definition) is 2. The standard InChI is InChI=1S/C14H20N2/c1-10(2)8-13(9-15)16-14-7-5-6-11(3)12(14)4/h5-7,10,13,16H,8H2,1-4H3. The lowest BCUT2D eigenvalue weighted by molar-refractivity contribution is 0.568. The molecule has 0 radical (unpaired) electrons. The van der Waals surface area contributed by atoms with Gasteiger partial charge >= 0.3 is 0 Å². The Balaban J connectivity index is 2.79. The summed E-state index contributed by atoms with van der Waals surface area (Å²) in [6, 6.07) is 8.37. The number of nitriles is 1. The van der Waals surface area contributed by atoms with Crippen LogP contribution in [0.3, 0.4) is 0 Å². The van der Waals surface area contributed by atoms with Crippen LogP contribution in [0.1, 0.15) is 31.4 Å². The zero-order chi connectivity index (χ0) is 12.1. The predicted molar refractivity (Wildman–Crippen MR) is 68.4 cm³/mol. The minimum Gasteiger partial charge on any atom is -0.370 e. The molecule has 0 saturated carbocycles. The van der Waals surface area contributed by atoms with Crippen molar-refractivity contribution in [1.82, 2.24) is 0 Å². The Labute approximate surface area is 98.3 Å². The van der Waals surface area contributed by atoms with Crippen LogP contribution in [0.15, 0.2) is 18.2 Å². The molecule has 2 nitrogen and oxygen atoms in total. The largest absolute Gasteiger partial charge is 0.370 e. The fraction of sp³-hybridized carbons (Fsp3) is 0.500. The molecule has 1 aromatic carbocycles. The van der Waals surface area contributed by atoms with E-state index in [2.05, 4.69) is 45.1 Å². The van der Waals surface area contributed by atoms with Crippen LogP contribution in [0.25, 0.3) is 0 Å². The Morgan fingerprint density at radius 3 is 2.56 bits per heavy atom. The molecule has 1 atom stereocenters. The van der Waals surface area contributed by atoms with Gasteiger partial charge in [0.2, 0.25) is 0 Å². The summed E-state index contributed by atoms with van der Waals surface area (Å²) in [6.45, 7) is 8.44. The summed E-state index contributed by atoms with van der Waals surface area (Å²) in [5, 5.41) is 12.4. The summed E-state index contributed by atoms with van der Waals surface area (Å²) in [5.41, 5.74) is 3.56. The number of anilines is 1. The van der Waals surface area contributed by atoms with Gasteiger partial charge in [-0.05, 0) is 43.4 Å². The molecule has 1 N–H and O–H groups in total. The van der Waals surface area contributed by atoms with E-state index in [0.717, 1.165) is 12.1 Å². The quantitative estimate of drug-likeness (QED) is 0.833. The molecular weight excluding hydrogens is 196 g/mol. The molecule has 0 aliphatic heterocycles. The Morgan fingerprint density at radius 1 is 1.31 bits per heavy atom. The van der Waals surface area contributed by atoms with Crippen LogP contribution >= 0.6 is 0 Å². The smallest absolute Gasteiger partial charge is 0.114 e. The first-order valence-corrected chi connectivity index (χ1v) is 5.77. The summed E-state index contributed by atoms with van der Waals surface area (Å²) in [4.78, 5) is 0. The summed E-state index contributed by atoms with van der Waals surface area (Å²) >= 11 is 0. The van der Waals surface area contributed by atoms with Crippen molar-refractivity contribution in [2.24, 2.45) is 5.92 Å². The molecule has 86 valence electrons. The molecule has 1 rings (SSSR count). The fourth-order valence-corrected chi connectivity index (χ4v) is 1.71. The van der Waals surface area contributed by atoms with E-state index in [1.54, 1.807) is 0 Å². The van der Waals surface area contributed by atoms with E-state index in [9.17, 15) is 0 Å². The highest BCUT2D eigenvalue weighted by atomic mass is 14.9. The lowest BCUT2D eigenvalue weighted by Crippen LogP contribution is -2.20. The van der Waals surface area contributed by atoms with Gasteiger partial charge in [0.15, 0.2) is 0 Å². The van der Waals surface area contributed by atoms with Crippen molar-refractivity contribution in [1.29, 1.82) is 5.26 Å². The van der Waals surface area contributed by atoms with Gasteiger partial charge in [-0.3, -0.25) is 0 Å². The van der Waals surface area contributed by atoms with Gasteiger partial charge in [0.1, 0.15) is 6.04 Å². The zero-order valence-electron chi connectivity index (χ0n) is 10.5. The predicted octanol–water partition coefficient (Wildman–Crippen LogP) is 3.65. The SMILES string of the molecule is Cc1cccc(NC(C#N)CC(C)C)c1C. The maximum Gasteiger partial charge on any atom is 0.114 e. The maximum absolute atomic E-state index is 9.08. The van der Waals surface area contributed by atoms with Crippen molar-refractivity contribution >= 4 is 5.69 Å². The number of nitrogens with zero attached hydrogens (tertiary/aromatic N) is 1. The van der Waals surface area contributed by atoms with Crippen molar-refractivity contribution in [2.75, 3.05) is 5.32 Å². The van der Waals surface area contributed by atoms with E-state index in [1.165, 1.54) is 11.1 Å². The second kappa shape index (κ2) is 5.55. The lowest BCUT2D eigenvalue weighted by Gasteiger charge is -2.17. The van der Waals surface area contributed by atoms with Crippen molar-refractivity contribution in [2.45, 2.75) is 40.2 Å². The number of hydrogen-bond donors (Lipinski definition) is 1. The van der Waals surface area contributed by atoms with Gasteiger partial charge < -0.3 is 5.32 Å². The monoisotopic (exact) mass is 216 g/mol. The molecule has 1 aromatic rings. The summed E-state index contributed by atoms with van der Waals surface area (Å²) < 4.78 is 0. The molecule has 0 aliphatic carbocycles. The first-order valence-electron chi connectivity index (χ1n) is 5.77. The molecule has 0 spiro atoms. The highest BCUT2D eigenvalue weighted by Gasteiger charge is 2.10. The van der Waals surface area contributed by atoms with E-state index in [1.807, 2.05) is 12.1 Å². The van der Waals surface area contributed by atoms with Gasteiger partial charge in [-0.25, -0.2) is 0 Å². The molecule has 0 aromatic heterocycles. The van der Waals surface area contributed by atoms with Gasteiger partial charge in [0, 0.05) is 5.69 Å². The normalized spacial score (nSPS) is 12.2. The van der Waals surface area contributed by atoms with E-state index < -0.39 is 0 Å². The average Bonchev–Trinajstić information content (AvgIpc) is 2.23. The van der Waals surface area contributed by atoms with Crippen LogP contribution in [0.4, 0.5) is 5.69 Å². The second-order valence-electron chi connectivity index (χ2n) is 4.70.